The largest absolute Gasteiger partial charge is 0.367 e. The minimum absolute atomic E-state index is 0.168. The lowest BCUT2D eigenvalue weighted by atomic mass is 9.95. The van der Waals surface area contributed by atoms with Crippen molar-refractivity contribution in [3.8, 4) is 0 Å². The zero-order valence-corrected chi connectivity index (χ0v) is 24.1. The van der Waals surface area contributed by atoms with E-state index in [1.54, 1.807) is 11.0 Å². The van der Waals surface area contributed by atoms with E-state index in [1.807, 2.05) is 42.5 Å². The van der Waals surface area contributed by atoms with Gasteiger partial charge in [-0.1, -0.05) is 54.6 Å². The Labute approximate surface area is 249 Å². The van der Waals surface area contributed by atoms with Gasteiger partial charge in [0.05, 0.1) is 11.4 Å². The van der Waals surface area contributed by atoms with Crippen molar-refractivity contribution in [1.82, 2.24) is 10.2 Å². The number of halogens is 1. The van der Waals surface area contributed by atoms with Crippen LogP contribution in [0.3, 0.4) is 0 Å². The molecule has 0 aromatic heterocycles. The quantitative estimate of drug-likeness (QED) is 0.319. The van der Waals surface area contributed by atoms with Crippen molar-refractivity contribution in [1.29, 1.82) is 0 Å². The molecule has 1 N–H and O–H groups in total. The van der Waals surface area contributed by atoms with Crippen molar-refractivity contribution in [2.45, 2.75) is 38.3 Å². The average molecular weight is 577 g/mol. The second-order valence-electron chi connectivity index (χ2n) is 11.7. The maximum Gasteiger partial charge on any atom is 0.259 e. The number of hydrogen-bond acceptors (Lipinski definition) is 5. The molecule has 7 rings (SSSR count). The van der Waals surface area contributed by atoms with Gasteiger partial charge in [-0.25, -0.2) is 4.39 Å². The molecule has 3 aliphatic rings. The molecule has 7 nitrogen and oxygen atoms in total. The molecule has 1 unspecified atom stereocenters. The van der Waals surface area contributed by atoms with Crippen molar-refractivity contribution in [2.24, 2.45) is 0 Å². The third-order valence-corrected chi connectivity index (χ3v) is 9.25. The summed E-state index contributed by atoms with van der Waals surface area (Å²) in [6.07, 6.45) is 1.25. The van der Waals surface area contributed by atoms with Gasteiger partial charge in [-0.15, -0.1) is 0 Å². The number of nitrogens with one attached hydrogen (secondary N) is 1. The Morgan fingerprint density at radius 3 is 2.37 bits per heavy atom. The van der Waals surface area contributed by atoms with E-state index < -0.39 is 11.9 Å². The van der Waals surface area contributed by atoms with Crippen LogP contribution in [0.2, 0.25) is 0 Å². The summed E-state index contributed by atoms with van der Waals surface area (Å²) in [6.45, 7) is 5.54. The molecular formula is C35H33FN4O3. The Morgan fingerprint density at radius 2 is 1.63 bits per heavy atom. The second-order valence-corrected chi connectivity index (χ2v) is 11.7. The molecular weight excluding hydrogens is 543 g/mol. The lowest BCUT2D eigenvalue weighted by molar-refractivity contribution is -0.134. The number of rotatable bonds is 6. The van der Waals surface area contributed by atoms with E-state index in [0.717, 1.165) is 48.2 Å². The number of nitrogens with zero attached hydrogens (tertiary/aromatic N) is 3. The van der Waals surface area contributed by atoms with Crippen LogP contribution in [0.25, 0.3) is 10.8 Å². The van der Waals surface area contributed by atoms with Crippen LogP contribution in [0.5, 0.6) is 0 Å². The van der Waals surface area contributed by atoms with Crippen molar-refractivity contribution in [3.63, 3.8) is 0 Å². The highest BCUT2D eigenvalue weighted by Gasteiger charge is 2.40. The third kappa shape index (κ3) is 4.85. The number of amides is 3. The summed E-state index contributed by atoms with van der Waals surface area (Å²) >= 11 is 0. The summed E-state index contributed by atoms with van der Waals surface area (Å²) < 4.78 is 14.3. The van der Waals surface area contributed by atoms with Crippen LogP contribution in [0.15, 0.2) is 78.9 Å². The van der Waals surface area contributed by atoms with Crippen LogP contribution in [0, 0.1) is 5.82 Å². The van der Waals surface area contributed by atoms with Crippen LogP contribution in [0.1, 0.15) is 52.9 Å². The van der Waals surface area contributed by atoms with E-state index >= 15 is 0 Å². The molecule has 4 aromatic carbocycles. The van der Waals surface area contributed by atoms with Gasteiger partial charge in [0, 0.05) is 49.6 Å². The summed E-state index contributed by atoms with van der Waals surface area (Å²) in [5.41, 5.74) is 5.53. The molecule has 2 saturated heterocycles. The van der Waals surface area contributed by atoms with Crippen LogP contribution >= 0.6 is 0 Å². The summed E-state index contributed by atoms with van der Waals surface area (Å²) in [6, 6.07) is 25.0. The van der Waals surface area contributed by atoms with Gasteiger partial charge in [-0.05, 0) is 66.1 Å². The van der Waals surface area contributed by atoms with Crippen LogP contribution in [0.4, 0.5) is 15.8 Å². The van der Waals surface area contributed by atoms with E-state index in [4.69, 9.17) is 0 Å². The van der Waals surface area contributed by atoms with E-state index in [9.17, 15) is 18.8 Å². The minimum Gasteiger partial charge on any atom is -0.367 e. The van der Waals surface area contributed by atoms with E-state index in [-0.39, 0.29) is 30.1 Å². The SMILES string of the molecule is C[C@@H](c1ccc(Cc2ccc3c4c(cccc24)C(=O)N3C2CCC(=O)NC2=O)cc1)N1CCN(c2ccccc2F)CC1. The Bertz CT molecular complexity index is 1750. The first kappa shape index (κ1) is 27.3. The standard InChI is InChI=1S/C35H33FN4O3/c1-22(38-17-19-39(20-18-38)29-8-3-2-7-28(29)36)24-11-9-23(10-12-24)21-25-13-14-30-33-26(25)5-4-6-27(33)35(43)40(30)31-15-16-32(41)37-34(31)42/h2-14,22,31H,15-21H2,1H3,(H,37,41,42)/t22-,31?/m0/s1. The van der Waals surface area contributed by atoms with Crippen molar-refractivity contribution in [2.75, 3.05) is 36.0 Å². The molecule has 0 aliphatic carbocycles. The molecule has 4 aromatic rings. The third-order valence-electron chi connectivity index (χ3n) is 9.25. The van der Waals surface area contributed by atoms with Crippen LogP contribution in [-0.4, -0.2) is 54.8 Å². The molecule has 2 fully saturated rings. The molecule has 2 atom stereocenters. The van der Waals surface area contributed by atoms with Gasteiger partial charge in [0.1, 0.15) is 11.9 Å². The molecule has 0 bridgehead atoms. The average Bonchev–Trinajstić information content (AvgIpc) is 3.31. The van der Waals surface area contributed by atoms with Crippen molar-refractivity contribution < 1.29 is 18.8 Å². The number of benzene rings is 4. The number of hydrogen-bond donors (Lipinski definition) is 1. The van der Waals surface area contributed by atoms with Crippen molar-refractivity contribution in [3.05, 3.63) is 107 Å². The smallest absolute Gasteiger partial charge is 0.259 e. The Balaban J connectivity index is 1.07. The Morgan fingerprint density at radius 1 is 0.860 bits per heavy atom. The molecule has 3 amide bonds. The fraction of sp³-hybridized carbons (Fsp3) is 0.286. The summed E-state index contributed by atoms with van der Waals surface area (Å²) in [4.78, 5) is 43.9. The molecule has 8 heteroatoms. The lowest BCUT2D eigenvalue weighted by Crippen LogP contribution is -2.53. The number of anilines is 2. The lowest BCUT2D eigenvalue weighted by Gasteiger charge is -2.39. The highest BCUT2D eigenvalue weighted by molar-refractivity contribution is 6.27. The highest BCUT2D eigenvalue weighted by Crippen LogP contribution is 2.41. The molecule has 0 saturated carbocycles. The summed E-state index contributed by atoms with van der Waals surface area (Å²) in [5.74, 6) is -1.08. The number of para-hydroxylation sites is 1. The fourth-order valence-electron chi connectivity index (χ4n) is 6.86. The molecule has 218 valence electrons. The van der Waals surface area contributed by atoms with Crippen LogP contribution in [-0.2, 0) is 16.0 Å². The van der Waals surface area contributed by atoms with E-state index in [2.05, 4.69) is 46.3 Å². The first-order valence-electron chi connectivity index (χ1n) is 14.9. The molecule has 0 radical (unpaired) electrons. The van der Waals surface area contributed by atoms with E-state index in [0.29, 0.717) is 24.1 Å². The maximum absolute atomic E-state index is 14.3. The van der Waals surface area contributed by atoms with Gasteiger partial charge < -0.3 is 4.90 Å². The zero-order valence-electron chi connectivity index (χ0n) is 24.1. The molecule has 43 heavy (non-hydrogen) atoms. The van der Waals surface area contributed by atoms with Gasteiger partial charge >= 0.3 is 0 Å². The minimum atomic E-state index is -0.691. The topological polar surface area (TPSA) is 73.0 Å². The Kier molecular flexibility index (Phi) is 6.94. The fourth-order valence-corrected chi connectivity index (χ4v) is 6.86. The summed E-state index contributed by atoms with van der Waals surface area (Å²) in [5, 5.41) is 4.26. The number of piperidine rings is 1. The zero-order chi connectivity index (χ0) is 29.7. The Hall–Kier alpha value is -4.56. The van der Waals surface area contributed by atoms with Gasteiger partial charge in [-0.3, -0.25) is 29.5 Å². The normalized spacial score (nSPS) is 19.7. The van der Waals surface area contributed by atoms with Gasteiger partial charge in [0.15, 0.2) is 0 Å². The molecule has 3 aliphatic heterocycles. The summed E-state index contributed by atoms with van der Waals surface area (Å²) in [7, 11) is 0. The molecule has 3 heterocycles. The first-order chi connectivity index (χ1) is 20.9. The molecule has 0 spiro atoms. The first-order valence-corrected chi connectivity index (χ1v) is 14.9. The van der Waals surface area contributed by atoms with Gasteiger partial charge in [0.2, 0.25) is 11.8 Å². The number of piperazine rings is 1. The van der Waals surface area contributed by atoms with Crippen molar-refractivity contribution >= 4 is 39.9 Å². The second kappa shape index (κ2) is 10.9. The van der Waals surface area contributed by atoms with Crippen LogP contribution < -0.4 is 15.1 Å². The highest BCUT2D eigenvalue weighted by atomic mass is 19.1. The van der Waals surface area contributed by atoms with E-state index in [1.165, 1.54) is 17.2 Å². The number of carbonyl (C=O) groups is 3. The van der Waals surface area contributed by atoms with Gasteiger partial charge in [-0.2, -0.15) is 0 Å². The number of imide groups is 1. The predicted molar refractivity (Wildman–Crippen MR) is 165 cm³/mol. The van der Waals surface area contributed by atoms with Gasteiger partial charge in [0.25, 0.3) is 5.91 Å². The number of carbonyl (C=O) groups excluding carboxylic acids is 3. The maximum atomic E-state index is 14.3. The predicted octanol–water partition coefficient (Wildman–Crippen LogP) is 5.22. The monoisotopic (exact) mass is 576 g/mol.